The molecule has 2 N–H and O–H groups in total. The van der Waals surface area contributed by atoms with Crippen molar-refractivity contribution in [2.45, 2.75) is 32.1 Å². The van der Waals surface area contributed by atoms with Crippen LogP contribution in [0.25, 0.3) is 0 Å². The molecular formula is C14H23N3O4. The highest BCUT2D eigenvalue weighted by atomic mass is 16.4. The molecule has 2 fully saturated rings. The SMILES string of the molecule is O=C(O)CC1CCN(C(=O)NCCC(=O)N2CCCC2)C1. The van der Waals surface area contributed by atoms with Crippen molar-refractivity contribution in [1.29, 1.82) is 0 Å². The third-order valence-electron chi connectivity index (χ3n) is 4.11. The van der Waals surface area contributed by atoms with E-state index in [4.69, 9.17) is 5.11 Å². The van der Waals surface area contributed by atoms with Crippen LogP contribution in [0.3, 0.4) is 0 Å². The lowest BCUT2D eigenvalue weighted by Gasteiger charge is -2.18. The molecule has 21 heavy (non-hydrogen) atoms. The molecule has 7 heteroatoms. The third-order valence-corrected chi connectivity index (χ3v) is 4.11. The minimum Gasteiger partial charge on any atom is -0.481 e. The van der Waals surface area contributed by atoms with Gasteiger partial charge in [0, 0.05) is 45.6 Å². The first kappa shape index (κ1) is 15.6. The number of nitrogens with zero attached hydrogens (tertiary/aromatic N) is 2. The molecule has 1 atom stereocenters. The normalized spacial score (nSPS) is 21.6. The Morgan fingerprint density at radius 1 is 1.10 bits per heavy atom. The fraction of sp³-hybridized carbons (Fsp3) is 0.786. The van der Waals surface area contributed by atoms with E-state index in [9.17, 15) is 14.4 Å². The van der Waals surface area contributed by atoms with Crippen LogP contribution in [0.2, 0.25) is 0 Å². The fourth-order valence-electron chi connectivity index (χ4n) is 2.94. The maximum atomic E-state index is 11.9. The van der Waals surface area contributed by atoms with Gasteiger partial charge in [0.25, 0.3) is 0 Å². The topological polar surface area (TPSA) is 90.0 Å². The molecule has 0 spiro atoms. The van der Waals surface area contributed by atoms with Crippen LogP contribution >= 0.6 is 0 Å². The van der Waals surface area contributed by atoms with Crippen LogP contribution in [0.1, 0.15) is 32.1 Å². The Morgan fingerprint density at radius 2 is 1.81 bits per heavy atom. The Hall–Kier alpha value is -1.79. The standard InChI is InChI=1S/C14H23N3O4/c18-12(16-6-1-2-7-16)3-5-15-14(21)17-8-4-11(10-17)9-13(19)20/h11H,1-10H2,(H,15,21)(H,19,20). The summed E-state index contributed by atoms with van der Waals surface area (Å²) in [4.78, 5) is 37.9. The zero-order valence-electron chi connectivity index (χ0n) is 12.2. The van der Waals surface area contributed by atoms with Crippen molar-refractivity contribution in [2.24, 2.45) is 5.92 Å². The van der Waals surface area contributed by atoms with Gasteiger partial charge in [-0.05, 0) is 25.2 Å². The van der Waals surface area contributed by atoms with Crippen molar-refractivity contribution in [3.8, 4) is 0 Å². The first-order valence-corrected chi connectivity index (χ1v) is 7.58. The average molecular weight is 297 g/mol. The van der Waals surface area contributed by atoms with E-state index in [1.807, 2.05) is 4.90 Å². The average Bonchev–Trinajstić information content (AvgIpc) is 3.08. The largest absolute Gasteiger partial charge is 0.481 e. The summed E-state index contributed by atoms with van der Waals surface area (Å²) < 4.78 is 0. The van der Waals surface area contributed by atoms with Gasteiger partial charge >= 0.3 is 12.0 Å². The second kappa shape index (κ2) is 7.28. The van der Waals surface area contributed by atoms with Gasteiger partial charge in [0.2, 0.25) is 5.91 Å². The molecular weight excluding hydrogens is 274 g/mol. The number of carboxylic acid groups (broad SMARTS) is 1. The number of aliphatic carboxylic acids is 1. The van der Waals surface area contributed by atoms with Crippen LogP contribution in [0, 0.1) is 5.92 Å². The van der Waals surface area contributed by atoms with Crippen LogP contribution in [-0.2, 0) is 9.59 Å². The predicted molar refractivity (Wildman–Crippen MR) is 75.8 cm³/mol. The van der Waals surface area contributed by atoms with Crippen molar-refractivity contribution in [1.82, 2.24) is 15.1 Å². The molecule has 0 bridgehead atoms. The van der Waals surface area contributed by atoms with E-state index in [-0.39, 0.29) is 24.3 Å². The first-order chi connectivity index (χ1) is 10.1. The van der Waals surface area contributed by atoms with E-state index in [0.717, 1.165) is 32.4 Å². The van der Waals surface area contributed by atoms with E-state index in [2.05, 4.69) is 5.32 Å². The van der Waals surface area contributed by atoms with E-state index < -0.39 is 5.97 Å². The number of nitrogens with one attached hydrogen (secondary N) is 1. The van der Waals surface area contributed by atoms with E-state index in [1.54, 1.807) is 4.90 Å². The maximum absolute atomic E-state index is 11.9. The minimum atomic E-state index is -0.821. The summed E-state index contributed by atoms with van der Waals surface area (Å²) in [6.07, 6.45) is 3.30. The van der Waals surface area contributed by atoms with Crippen molar-refractivity contribution < 1.29 is 19.5 Å². The molecule has 2 rings (SSSR count). The smallest absolute Gasteiger partial charge is 0.317 e. The number of urea groups is 1. The molecule has 2 heterocycles. The zero-order chi connectivity index (χ0) is 15.2. The van der Waals surface area contributed by atoms with Crippen molar-refractivity contribution in [3.63, 3.8) is 0 Å². The van der Waals surface area contributed by atoms with E-state index in [1.165, 1.54) is 0 Å². The molecule has 0 saturated carbocycles. The quantitative estimate of drug-likeness (QED) is 0.773. The van der Waals surface area contributed by atoms with Gasteiger partial charge in [0.15, 0.2) is 0 Å². The minimum absolute atomic E-state index is 0.0412. The number of likely N-dealkylation sites (tertiary alicyclic amines) is 2. The summed E-state index contributed by atoms with van der Waals surface area (Å²) >= 11 is 0. The highest BCUT2D eigenvalue weighted by Crippen LogP contribution is 2.19. The molecule has 0 aliphatic carbocycles. The molecule has 2 saturated heterocycles. The van der Waals surface area contributed by atoms with E-state index in [0.29, 0.717) is 26.1 Å². The Morgan fingerprint density at radius 3 is 2.48 bits per heavy atom. The second-order valence-electron chi connectivity index (χ2n) is 5.77. The monoisotopic (exact) mass is 297 g/mol. The number of carbonyl (C=O) groups excluding carboxylic acids is 2. The second-order valence-corrected chi connectivity index (χ2v) is 5.77. The summed E-state index contributed by atoms with van der Waals surface area (Å²) in [7, 11) is 0. The Kier molecular flexibility index (Phi) is 5.41. The Balaban J connectivity index is 1.63. The van der Waals surface area contributed by atoms with Gasteiger partial charge in [-0.3, -0.25) is 9.59 Å². The number of carboxylic acids is 1. The summed E-state index contributed by atoms with van der Waals surface area (Å²) in [5, 5.41) is 11.5. The van der Waals surface area contributed by atoms with Crippen molar-refractivity contribution in [2.75, 3.05) is 32.7 Å². The number of hydrogen-bond donors (Lipinski definition) is 2. The van der Waals surface area contributed by atoms with Gasteiger partial charge in [-0.2, -0.15) is 0 Å². The number of hydrogen-bond acceptors (Lipinski definition) is 3. The molecule has 7 nitrogen and oxygen atoms in total. The predicted octanol–water partition coefficient (Wildman–Crippen LogP) is 0.505. The molecule has 0 aromatic heterocycles. The van der Waals surface area contributed by atoms with Crippen LogP contribution in [0.5, 0.6) is 0 Å². The van der Waals surface area contributed by atoms with Gasteiger partial charge in [-0.1, -0.05) is 0 Å². The maximum Gasteiger partial charge on any atom is 0.317 e. The van der Waals surface area contributed by atoms with Gasteiger partial charge in [0.1, 0.15) is 0 Å². The summed E-state index contributed by atoms with van der Waals surface area (Å²) in [5.41, 5.74) is 0. The van der Waals surface area contributed by atoms with Crippen LogP contribution in [0.4, 0.5) is 4.79 Å². The highest BCUT2D eigenvalue weighted by Gasteiger charge is 2.27. The third kappa shape index (κ3) is 4.61. The van der Waals surface area contributed by atoms with Crippen LogP contribution < -0.4 is 5.32 Å². The fourth-order valence-corrected chi connectivity index (χ4v) is 2.94. The van der Waals surface area contributed by atoms with Crippen molar-refractivity contribution >= 4 is 17.9 Å². The summed E-state index contributed by atoms with van der Waals surface area (Å²) in [5.74, 6) is -0.684. The van der Waals surface area contributed by atoms with Gasteiger partial charge in [0.05, 0.1) is 0 Å². The number of carbonyl (C=O) groups is 3. The van der Waals surface area contributed by atoms with Gasteiger partial charge in [-0.25, -0.2) is 4.79 Å². The molecule has 0 aromatic rings. The molecule has 2 aliphatic rings. The zero-order valence-corrected chi connectivity index (χ0v) is 12.2. The molecule has 1 unspecified atom stereocenters. The Labute approximate surface area is 124 Å². The van der Waals surface area contributed by atoms with Gasteiger partial charge < -0.3 is 20.2 Å². The number of rotatable bonds is 5. The van der Waals surface area contributed by atoms with Crippen LogP contribution in [-0.4, -0.2) is 65.5 Å². The first-order valence-electron chi connectivity index (χ1n) is 7.58. The summed E-state index contributed by atoms with van der Waals surface area (Å²) in [6.45, 7) is 3.07. The lowest BCUT2D eigenvalue weighted by molar-refractivity contribution is -0.138. The Bertz CT molecular complexity index is 407. The lowest BCUT2D eigenvalue weighted by atomic mass is 10.1. The van der Waals surface area contributed by atoms with Crippen LogP contribution in [0.15, 0.2) is 0 Å². The highest BCUT2D eigenvalue weighted by molar-refractivity contribution is 5.78. The number of amides is 3. The summed E-state index contributed by atoms with van der Waals surface area (Å²) in [6, 6.07) is -0.197. The molecule has 0 aromatic carbocycles. The molecule has 3 amide bonds. The van der Waals surface area contributed by atoms with Gasteiger partial charge in [-0.15, -0.1) is 0 Å². The van der Waals surface area contributed by atoms with Crippen molar-refractivity contribution in [3.05, 3.63) is 0 Å². The molecule has 2 aliphatic heterocycles. The van der Waals surface area contributed by atoms with E-state index >= 15 is 0 Å². The lowest BCUT2D eigenvalue weighted by Crippen LogP contribution is -2.40. The molecule has 0 radical (unpaired) electrons. The molecule has 118 valence electrons.